The number of hydrogen-bond acceptors (Lipinski definition) is 5. The lowest BCUT2D eigenvalue weighted by molar-refractivity contribution is -0.151. The molecule has 2 rings (SSSR count). The van der Waals surface area contributed by atoms with Gasteiger partial charge in [0.15, 0.2) is 5.76 Å². The first-order valence-corrected chi connectivity index (χ1v) is 8.35. The van der Waals surface area contributed by atoms with Crippen LogP contribution in [-0.2, 0) is 14.8 Å². The van der Waals surface area contributed by atoms with Crippen molar-refractivity contribution in [3.05, 3.63) is 11.5 Å². The van der Waals surface area contributed by atoms with E-state index in [2.05, 4.69) is 9.88 Å². The topological polar surface area (TPSA) is 110 Å². The van der Waals surface area contributed by atoms with Crippen molar-refractivity contribution in [2.24, 2.45) is 5.41 Å². The number of carboxylic acids is 1. The molecule has 2 N–H and O–H groups in total. The van der Waals surface area contributed by atoms with Crippen molar-refractivity contribution >= 4 is 16.0 Å². The molecule has 1 aliphatic rings. The first-order valence-electron chi connectivity index (χ1n) is 6.87. The molecule has 0 saturated heterocycles. The number of aliphatic carboxylic acids is 1. The predicted octanol–water partition coefficient (Wildman–Crippen LogP) is 1.60. The van der Waals surface area contributed by atoms with Gasteiger partial charge in [0.25, 0.3) is 0 Å². The molecule has 21 heavy (non-hydrogen) atoms. The van der Waals surface area contributed by atoms with Crippen molar-refractivity contribution in [3.8, 4) is 0 Å². The van der Waals surface area contributed by atoms with Crippen molar-refractivity contribution in [1.82, 2.24) is 9.88 Å². The molecule has 0 aromatic carbocycles. The molecule has 0 aliphatic heterocycles. The average molecular weight is 316 g/mol. The Hall–Kier alpha value is -1.41. The Bertz CT molecular complexity index is 632. The van der Waals surface area contributed by atoms with Gasteiger partial charge in [-0.1, -0.05) is 18.0 Å². The van der Waals surface area contributed by atoms with Gasteiger partial charge in [-0.2, -0.15) is 0 Å². The molecule has 7 nitrogen and oxygen atoms in total. The summed E-state index contributed by atoms with van der Waals surface area (Å²) in [4.78, 5) is 11.5. The van der Waals surface area contributed by atoms with Crippen LogP contribution in [0.25, 0.3) is 0 Å². The second-order valence-corrected chi connectivity index (χ2v) is 7.45. The summed E-state index contributed by atoms with van der Waals surface area (Å²) in [5, 5.41) is 13.1. The van der Waals surface area contributed by atoms with Crippen molar-refractivity contribution in [2.45, 2.75) is 57.4 Å². The van der Waals surface area contributed by atoms with E-state index in [0.717, 1.165) is 12.8 Å². The normalized spacial score (nSPS) is 26.7. The van der Waals surface area contributed by atoms with Crippen molar-refractivity contribution < 1.29 is 22.8 Å². The van der Waals surface area contributed by atoms with Crippen molar-refractivity contribution in [2.75, 3.05) is 0 Å². The summed E-state index contributed by atoms with van der Waals surface area (Å²) in [6.07, 6.45) is 2.55. The molecule has 118 valence electrons. The number of nitrogens with one attached hydrogen (secondary N) is 1. The van der Waals surface area contributed by atoms with Gasteiger partial charge in [-0.05, 0) is 33.6 Å². The standard InChI is InChI=1S/C13H20N2O5S/c1-8-11(9(2)20-14-8)21(18,19)15-10-6-4-5-7-13(10,3)12(16)17/h10,15H,4-7H2,1-3H3,(H,16,17). The molecule has 2 atom stereocenters. The molecule has 1 aromatic heterocycles. The van der Waals surface area contributed by atoms with E-state index in [1.807, 2.05) is 0 Å². The van der Waals surface area contributed by atoms with Gasteiger partial charge in [-0.3, -0.25) is 4.79 Å². The average Bonchev–Trinajstić information content (AvgIpc) is 2.72. The summed E-state index contributed by atoms with van der Waals surface area (Å²) in [7, 11) is -3.85. The highest BCUT2D eigenvalue weighted by atomic mass is 32.2. The summed E-state index contributed by atoms with van der Waals surface area (Å²) >= 11 is 0. The number of sulfonamides is 1. The van der Waals surface area contributed by atoms with E-state index in [1.165, 1.54) is 6.92 Å². The second-order valence-electron chi connectivity index (χ2n) is 5.80. The Labute approximate surface area is 123 Å². The minimum Gasteiger partial charge on any atom is -0.481 e. The summed E-state index contributed by atoms with van der Waals surface area (Å²) in [5.41, 5.74) is -0.822. The number of carbonyl (C=O) groups is 1. The van der Waals surface area contributed by atoms with E-state index in [0.29, 0.717) is 12.8 Å². The van der Waals surface area contributed by atoms with E-state index in [9.17, 15) is 18.3 Å². The molecule has 8 heteroatoms. The minimum atomic E-state index is -3.85. The maximum atomic E-state index is 12.5. The lowest BCUT2D eigenvalue weighted by Gasteiger charge is -2.38. The van der Waals surface area contributed by atoms with Crippen LogP contribution in [0.2, 0.25) is 0 Å². The van der Waals surface area contributed by atoms with Crippen LogP contribution in [0.4, 0.5) is 0 Å². The molecule has 1 fully saturated rings. The Morgan fingerprint density at radius 2 is 2.10 bits per heavy atom. The van der Waals surface area contributed by atoms with Crippen LogP contribution in [0.1, 0.15) is 44.1 Å². The molecule has 1 heterocycles. The SMILES string of the molecule is Cc1noc(C)c1S(=O)(=O)NC1CCCCC1(C)C(=O)O. The van der Waals surface area contributed by atoms with Crippen LogP contribution in [0.15, 0.2) is 9.42 Å². The highest BCUT2D eigenvalue weighted by Gasteiger charge is 2.45. The third-order valence-electron chi connectivity index (χ3n) is 4.23. The largest absolute Gasteiger partial charge is 0.481 e. The zero-order chi connectivity index (χ0) is 15.8. The molecule has 2 unspecified atom stereocenters. The zero-order valence-corrected chi connectivity index (χ0v) is 13.2. The lowest BCUT2D eigenvalue weighted by atomic mass is 9.72. The molecule has 1 aliphatic carbocycles. The fourth-order valence-electron chi connectivity index (χ4n) is 2.88. The van der Waals surface area contributed by atoms with Gasteiger partial charge < -0.3 is 9.63 Å². The Morgan fingerprint density at radius 3 is 2.62 bits per heavy atom. The molecule has 0 amide bonds. The highest BCUT2D eigenvalue weighted by molar-refractivity contribution is 7.89. The van der Waals surface area contributed by atoms with Crippen LogP contribution < -0.4 is 4.72 Å². The first-order chi connectivity index (χ1) is 9.68. The van der Waals surface area contributed by atoms with Crippen LogP contribution in [-0.4, -0.2) is 30.7 Å². The zero-order valence-electron chi connectivity index (χ0n) is 12.3. The quantitative estimate of drug-likeness (QED) is 0.873. The molecule has 1 saturated carbocycles. The van der Waals surface area contributed by atoms with Crippen LogP contribution in [0.5, 0.6) is 0 Å². The summed E-state index contributed by atoms with van der Waals surface area (Å²) in [6.45, 7) is 4.66. The minimum absolute atomic E-state index is 0.000752. The summed E-state index contributed by atoms with van der Waals surface area (Å²) in [5.74, 6) is -0.776. The van der Waals surface area contributed by atoms with Crippen molar-refractivity contribution in [1.29, 1.82) is 0 Å². The number of carboxylic acid groups (broad SMARTS) is 1. The third-order valence-corrected chi connectivity index (χ3v) is 5.95. The van der Waals surface area contributed by atoms with Gasteiger partial charge in [0, 0.05) is 6.04 Å². The van der Waals surface area contributed by atoms with Crippen LogP contribution in [0, 0.1) is 19.3 Å². The molecular weight excluding hydrogens is 296 g/mol. The van der Waals surface area contributed by atoms with E-state index >= 15 is 0 Å². The fraction of sp³-hybridized carbons (Fsp3) is 0.692. The van der Waals surface area contributed by atoms with Gasteiger partial charge in [-0.25, -0.2) is 13.1 Å². The maximum Gasteiger partial charge on any atom is 0.310 e. The van der Waals surface area contributed by atoms with Gasteiger partial charge in [0.1, 0.15) is 10.6 Å². The van der Waals surface area contributed by atoms with E-state index in [1.54, 1.807) is 13.8 Å². The number of rotatable bonds is 4. The number of aromatic nitrogens is 1. The Morgan fingerprint density at radius 1 is 1.43 bits per heavy atom. The number of hydrogen-bond donors (Lipinski definition) is 2. The maximum absolute atomic E-state index is 12.5. The summed E-state index contributed by atoms with van der Waals surface area (Å²) < 4.78 is 32.4. The third kappa shape index (κ3) is 2.82. The monoisotopic (exact) mass is 316 g/mol. The van der Waals surface area contributed by atoms with Gasteiger partial charge in [-0.15, -0.1) is 0 Å². The predicted molar refractivity (Wildman–Crippen MR) is 74.3 cm³/mol. The van der Waals surface area contributed by atoms with E-state index in [-0.39, 0.29) is 16.3 Å². The molecule has 1 aromatic rings. The summed E-state index contributed by atoms with van der Waals surface area (Å²) in [6, 6.07) is -0.637. The smallest absolute Gasteiger partial charge is 0.310 e. The van der Waals surface area contributed by atoms with Crippen LogP contribution in [0.3, 0.4) is 0 Å². The van der Waals surface area contributed by atoms with Crippen LogP contribution >= 0.6 is 0 Å². The molecular formula is C13H20N2O5S. The lowest BCUT2D eigenvalue weighted by Crippen LogP contribution is -2.52. The highest BCUT2D eigenvalue weighted by Crippen LogP contribution is 2.37. The fourth-order valence-corrected chi connectivity index (χ4v) is 4.60. The van der Waals surface area contributed by atoms with E-state index < -0.39 is 27.4 Å². The molecule has 0 bridgehead atoms. The molecule has 0 radical (unpaired) electrons. The van der Waals surface area contributed by atoms with Gasteiger partial charge >= 0.3 is 5.97 Å². The Balaban J connectivity index is 2.33. The number of aryl methyl sites for hydroxylation is 2. The van der Waals surface area contributed by atoms with E-state index in [4.69, 9.17) is 4.52 Å². The number of nitrogens with zero attached hydrogens (tertiary/aromatic N) is 1. The Kier molecular flexibility index (Phi) is 4.12. The van der Waals surface area contributed by atoms with Gasteiger partial charge in [0.2, 0.25) is 10.0 Å². The van der Waals surface area contributed by atoms with Crippen molar-refractivity contribution in [3.63, 3.8) is 0 Å². The van der Waals surface area contributed by atoms with Gasteiger partial charge in [0.05, 0.1) is 5.41 Å². The first kappa shape index (κ1) is 16.0. The second kappa shape index (κ2) is 5.42. The molecule has 0 spiro atoms.